The van der Waals surface area contributed by atoms with Gasteiger partial charge in [0, 0.05) is 18.8 Å². The van der Waals surface area contributed by atoms with Gasteiger partial charge in [0.25, 0.3) is 0 Å². The SMILES string of the molecule is CC(C)Oc1ccc(C2(N)CCCOCC2)cc1. The average molecular weight is 249 g/mol. The normalized spacial score (nSPS) is 24.9. The molecule has 0 radical (unpaired) electrons. The average Bonchev–Trinajstić information content (AvgIpc) is 2.55. The Morgan fingerprint density at radius 3 is 2.56 bits per heavy atom. The maximum atomic E-state index is 6.51. The molecule has 0 amide bonds. The van der Waals surface area contributed by atoms with Gasteiger partial charge in [-0.1, -0.05) is 12.1 Å². The van der Waals surface area contributed by atoms with Crippen LogP contribution >= 0.6 is 0 Å². The molecule has 1 aliphatic rings. The topological polar surface area (TPSA) is 44.5 Å². The molecule has 0 bridgehead atoms. The number of hydrogen-bond acceptors (Lipinski definition) is 3. The van der Waals surface area contributed by atoms with E-state index in [-0.39, 0.29) is 11.6 Å². The minimum absolute atomic E-state index is 0.203. The minimum atomic E-state index is -0.243. The molecule has 0 aliphatic carbocycles. The van der Waals surface area contributed by atoms with Crippen molar-refractivity contribution in [2.45, 2.75) is 44.8 Å². The van der Waals surface area contributed by atoms with E-state index in [0.29, 0.717) is 0 Å². The van der Waals surface area contributed by atoms with E-state index >= 15 is 0 Å². The summed E-state index contributed by atoms with van der Waals surface area (Å²) in [6.45, 7) is 5.64. The molecule has 3 heteroatoms. The van der Waals surface area contributed by atoms with Crippen molar-refractivity contribution in [3.05, 3.63) is 29.8 Å². The first-order valence-corrected chi connectivity index (χ1v) is 6.74. The van der Waals surface area contributed by atoms with Gasteiger partial charge in [-0.25, -0.2) is 0 Å². The Morgan fingerprint density at radius 1 is 1.17 bits per heavy atom. The van der Waals surface area contributed by atoms with E-state index in [0.717, 1.165) is 38.2 Å². The summed E-state index contributed by atoms with van der Waals surface area (Å²) < 4.78 is 11.1. The molecule has 1 saturated heterocycles. The summed E-state index contributed by atoms with van der Waals surface area (Å²) in [6.07, 6.45) is 3.10. The highest BCUT2D eigenvalue weighted by Crippen LogP contribution is 2.30. The molecule has 1 heterocycles. The second-order valence-corrected chi connectivity index (χ2v) is 5.31. The van der Waals surface area contributed by atoms with Crippen LogP contribution in [0.4, 0.5) is 0 Å². The number of hydrogen-bond donors (Lipinski definition) is 1. The fraction of sp³-hybridized carbons (Fsp3) is 0.600. The molecular formula is C15H23NO2. The van der Waals surface area contributed by atoms with E-state index in [9.17, 15) is 0 Å². The van der Waals surface area contributed by atoms with Crippen molar-refractivity contribution >= 4 is 0 Å². The second-order valence-electron chi connectivity index (χ2n) is 5.31. The Bertz CT molecular complexity index is 365. The summed E-state index contributed by atoms with van der Waals surface area (Å²) in [5, 5.41) is 0. The van der Waals surface area contributed by atoms with Crippen LogP contribution in [0.5, 0.6) is 5.75 Å². The molecule has 0 aromatic heterocycles. The molecule has 1 unspecified atom stereocenters. The molecule has 18 heavy (non-hydrogen) atoms. The predicted molar refractivity (Wildman–Crippen MR) is 72.7 cm³/mol. The highest BCUT2D eigenvalue weighted by Gasteiger charge is 2.28. The molecule has 2 N–H and O–H groups in total. The summed E-state index contributed by atoms with van der Waals surface area (Å²) in [4.78, 5) is 0. The maximum Gasteiger partial charge on any atom is 0.119 e. The van der Waals surface area contributed by atoms with Crippen LogP contribution in [0.25, 0.3) is 0 Å². The van der Waals surface area contributed by atoms with Crippen molar-refractivity contribution in [2.75, 3.05) is 13.2 Å². The molecule has 1 atom stereocenters. The number of nitrogens with two attached hydrogens (primary N) is 1. The summed E-state index contributed by atoms with van der Waals surface area (Å²) in [5.74, 6) is 0.905. The smallest absolute Gasteiger partial charge is 0.119 e. The van der Waals surface area contributed by atoms with Crippen LogP contribution in [0, 0.1) is 0 Å². The van der Waals surface area contributed by atoms with E-state index in [1.165, 1.54) is 5.56 Å². The standard InChI is InChI=1S/C15H23NO2/c1-12(2)18-14-6-4-13(5-7-14)15(16)8-3-10-17-11-9-15/h4-7,12H,3,8-11,16H2,1-2H3. The molecule has 0 spiro atoms. The van der Waals surface area contributed by atoms with Crippen LogP contribution in [-0.2, 0) is 10.3 Å². The van der Waals surface area contributed by atoms with Gasteiger partial charge >= 0.3 is 0 Å². The highest BCUT2D eigenvalue weighted by molar-refractivity contribution is 5.32. The fourth-order valence-electron chi connectivity index (χ4n) is 2.40. The van der Waals surface area contributed by atoms with Crippen LogP contribution in [0.15, 0.2) is 24.3 Å². The lowest BCUT2D eigenvalue weighted by Gasteiger charge is -2.28. The van der Waals surface area contributed by atoms with E-state index in [4.69, 9.17) is 15.2 Å². The molecule has 3 nitrogen and oxygen atoms in total. The summed E-state index contributed by atoms with van der Waals surface area (Å²) in [5.41, 5.74) is 7.45. The predicted octanol–water partition coefficient (Wildman–Crippen LogP) is 2.83. The van der Waals surface area contributed by atoms with Crippen molar-refractivity contribution in [3.8, 4) is 5.75 Å². The van der Waals surface area contributed by atoms with Crippen molar-refractivity contribution in [3.63, 3.8) is 0 Å². The zero-order chi connectivity index (χ0) is 13.0. The molecule has 1 aromatic rings. The molecule has 1 fully saturated rings. The quantitative estimate of drug-likeness (QED) is 0.896. The third-order valence-electron chi connectivity index (χ3n) is 3.41. The van der Waals surface area contributed by atoms with Gasteiger partial charge in [0.15, 0.2) is 0 Å². The van der Waals surface area contributed by atoms with E-state index < -0.39 is 0 Å². The first-order chi connectivity index (χ1) is 8.60. The zero-order valence-electron chi connectivity index (χ0n) is 11.3. The third kappa shape index (κ3) is 3.24. The lowest BCUT2D eigenvalue weighted by molar-refractivity contribution is 0.139. The van der Waals surface area contributed by atoms with Gasteiger partial charge in [0.1, 0.15) is 5.75 Å². The highest BCUT2D eigenvalue weighted by atomic mass is 16.5. The lowest BCUT2D eigenvalue weighted by Crippen LogP contribution is -2.36. The van der Waals surface area contributed by atoms with Crippen LogP contribution < -0.4 is 10.5 Å². The molecular weight excluding hydrogens is 226 g/mol. The molecule has 0 saturated carbocycles. The Labute approximate surface area is 109 Å². The van der Waals surface area contributed by atoms with Crippen molar-refractivity contribution < 1.29 is 9.47 Å². The van der Waals surface area contributed by atoms with Gasteiger partial charge in [-0.05, 0) is 50.8 Å². The Hall–Kier alpha value is -1.06. The van der Waals surface area contributed by atoms with E-state index in [2.05, 4.69) is 12.1 Å². The van der Waals surface area contributed by atoms with Crippen LogP contribution in [0.2, 0.25) is 0 Å². The van der Waals surface area contributed by atoms with Crippen LogP contribution in [-0.4, -0.2) is 19.3 Å². The van der Waals surface area contributed by atoms with Gasteiger partial charge in [0.2, 0.25) is 0 Å². The van der Waals surface area contributed by atoms with Crippen molar-refractivity contribution in [1.29, 1.82) is 0 Å². The van der Waals surface area contributed by atoms with Crippen molar-refractivity contribution in [1.82, 2.24) is 0 Å². The molecule has 1 aromatic carbocycles. The maximum absolute atomic E-state index is 6.51. The molecule has 2 rings (SSSR count). The number of ether oxygens (including phenoxy) is 2. The van der Waals surface area contributed by atoms with E-state index in [1.807, 2.05) is 26.0 Å². The van der Waals surface area contributed by atoms with E-state index in [1.54, 1.807) is 0 Å². The largest absolute Gasteiger partial charge is 0.491 e. The van der Waals surface area contributed by atoms with Crippen LogP contribution in [0.1, 0.15) is 38.7 Å². The Kier molecular flexibility index (Phi) is 4.25. The number of rotatable bonds is 3. The lowest BCUT2D eigenvalue weighted by atomic mass is 9.84. The van der Waals surface area contributed by atoms with Crippen molar-refractivity contribution in [2.24, 2.45) is 5.73 Å². The van der Waals surface area contributed by atoms with Gasteiger partial charge in [-0.2, -0.15) is 0 Å². The second kappa shape index (κ2) is 5.72. The van der Waals surface area contributed by atoms with Gasteiger partial charge in [-0.15, -0.1) is 0 Å². The fourth-order valence-corrected chi connectivity index (χ4v) is 2.40. The Balaban J connectivity index is 2.12. The van der Waals surface area contributed by atoms with Crippen LogP contribution in [0.3, 0.4) is 0 Å². The molecule has 1 aliphatic heterocycles. The monoisotopic (exact) mass is 249 g/mol. The van der Waals surface area contributed by atoms with Gasteiger partial charge in [0.05, 0.1) is 6.10 Å². The molecule has 100 valence electrons. The Morgan fingerprint density at radius 2 is 1.89 bits per heavy atom. The first kappa shape index (κ1) is 13.4. The summed E-state index contributed by atoms with van der Waals surface area (Å²) in [7, 11) is 0. The third-order valence-corrected chi connectivity index (χ3v) is 3.41. The van der Waals surface area contributed by atoms with Gasteiger partial charge in [-0.3, -0.25) is 0 Å². The van der Waals surface area contributed by atoms with Gasteiger partial charge < -0.3 is 15.2 Å². The first-order valence-electron chi connectivity index (χ1n) is 6.74. The summed E-state index contributed by atoms with van der Waals surface area (Å²) in [6, 6.07) is 8.19. The zero-order valence-corrected chi connectivity index (χ0v) is 11.3. The number of benzene rings is 1. The summed E-state index contributed by atoms with van der Waals surface area (Å²) >= 11 is 0. The minimum Gasteiger partial charge on any atom is -0.491 e.